The first-order chi connectivity index (χ1) is 15.5. The van der Waals surface area contributed by atoms with Crippen LogP contribution in [0.2, 0.25) is 16.6 Å². The van der Waals surface area contributed by atoms with Crippen LogP contribution in [0.3, 0.4) is 0 Å². The summed E-state index contributed by atoms with van der Waals surface area (Å²) in [6, 6.07) is 0.102. The largest absolute Gasteiger partial charge is 0.469 e. The molecule has 1 aliphatic rings. The lowest BCUT2D eigenvalue weighted by molar-refractivity contribution is -0.152. The van der Waals surface area contributed by atoms with E-state index in [0.717, 1.165) is 32.1 Å². The number of ether oxygens (including phenoxy) is 3. The number of hydrogen-bond donors (Lipinski definition) is 2. The molecule has 0 amide bonds. The molecule has 1 fully saturated rings. The predicted octanol–water partition coefficient (Wildman–Crippen LogP) is 4.63. The van der Waals surface area contributed by atoms with Crippen molar-refractivity contribution < 1.29 is 28.5 Å². The normalized spacial score (nSPS) is 23.8. The van der Waals surface area contributed by atoms with Crippen LogP contribution >= 0.6 is 0 Å². The van der Waals surface area contributed by atoms with E-state index >= 15 is 0 Å². The van der Waals surface area contributed by atoms with Crippen molar-refractivity contribution in [3.05, 3.63) is 0 Å². The van der Waals surface area contributed by atoms with E-state index in [-0.39, 0.29) is 18.8 Å². The number of rotatable bonds is 15. The molecule has 196 valence electrons. The Morgan fingerprint density at radius 1 is 1.09 bits per heavy atom. The number of carbonyl (C=O) groups excluding carboxylic acids is 1. The average Bonchev–Trinajstić information content (AvgIpc) is 2.77. The lowest BCUT2D eigenvalue weighted by Gasteiger charge is -2.47. The minimum absolute atomic E-state index is 0.102. The molecule has 1 heterocycles. The van der Waals surface area contributed by atoms with Crippen molar-refractivity contribution in [1.29, 1.82) is 0 Å². The zero-order valence-corrected chi connectivity index (χ0v) is 23.6. The molecule has 2 unspecified atom stereocenters. The SMILES string of the molecule is COCOC[C@H]1CCC[C@@](CCCO[Si](C(C)C)(C(C)C)C(C)C)(C(O)C(C)C(=O)OC)N1. The van der Waals surface area contributed by atoms with Crippen molar-refractivity contribution in [3.63, 3.8) is 0 Å². The van der Waals surface area contributed by atoms with Crippen LogP contribution in [0.1, 0.15) is 80.6 Å². The summed E-state index contributed by atoms with van der Waals surface area (Å²) >= 11 is 0. The number of aliphatic hydroxyl groups excluding tert-OH is 1. The van der Waals surface area contributed by atoms with Gasteiger partial charge in [-0.2, -0.15) is 0 Å². The van der Waals surface area contributed by atoms with E-state index in [1.807, 2.05) is 0 Å². The third-order valence-corrected chi connectivity index (χ3v) is 13.7. The number of aliphatic hydroxyl groups is 1. The van der Waals surface area contributed by atoms with Crippen molar-refractivity contribution >= 4 is 14.3 Å². The highest BCUT2D eigenvalue weighted by Crippen LogP contribution is 2.42. The average molecular weight is 490 g/mol. The molecule has 0 aromatic rings. The fraction of sp³-hybridized carbons (Fsp3) is 0.960. The van der Waals surface area contributed by atoms with Gasteiger partial charge in [0.15, 0.2) is 8.32 Å². The highest BCUT2D eigenvalue weighted by atomic mass is 28.4. The lowest BCUT2D eigenvalue weighted by Crippen LogP contribution is -2.63. The molecule has 0 aromatic carbocycles. The Morgan fingerprint density at radius 2 is 1.70 bits per heavy atom. The number of esters is 1. The minimum Gasteiger partial charge on any atom is -0.469 e. The van der Waals surface area contributed by atoms with Gasteiger partial charge >= 0.3 is 5.97 Å². The molecule has 4 atom stereocenters. The zero-order valence-electron chi connectivity index (χ0n) is 22.6. The van der Waals surface area contributed by atoms with Crippen LogP contribution in [0.5, 0.6) is 0 Å². The fourth-order valence-corrected chi connectivity index (χ4v) is 11.6. The second kappa shape index (κ2) is 14.1. The number of piperidine rings is 1. The number of carbonyl (C=O) groups is 1. The first kappa shape index (κ1) is 30.5. The zero-order chi connectivity index (χ0) is 25.2. The topological polar surface area (TPSA) is 86.3 Å². The van der Waals surface area contributed by atoms with Gasteiger partial charge in [0.25, 0.3) is 0 Å². The van der Waals surface area contributed by atoms with E-state index in [9.17, 15) is 9.90 Å². The third kappa shape index (κ3) is 7.74. The quantitative estimate of drug-likeness (QED) is 0.150. The summed E-state index contributed by atoms with van der Waals surface area (Å²) in [5.74, 6) is -0.999. The summed E-state index contributed by atoms with van der Waals surface area (Å²) in [6.45, 7) is 16.9. The lowest BCUT2D eigenvalue weighted by atomic mass is 9.74. The van der Waals surface area contributed by atoms with E-state index < -0.39 is 25.9 Å². The van der Waals surface area contributed by atoms with Gasteiger partial charge < -0.3 is 29.1 Å². The van der Waals surface area contributed by atoms with E-state index in [1.165, 1.54) is 7.11 Å². The molecule has 2 N–H and O–H groups in total. The van der Waals surface area contributed by atoms with Crippen molar-refractivity contribution in [3.8, 4) is 0 Å². The number of hydrogen-bond acceptors (Lipinski definition) is 7. The van der Waals surface area contributed by atoms with Crippen LogP contribution in [-0.2, 0) is 23.4 Å². The summed E-state index contributed by atoms with van der Waals surface area (Å²) < 4.78 is 22.3. The van der Waals surface area contributed by atoms with E-state index in [1.54, 1.807) is 14.0 Å². The summed E-state index contributed by atoms with van der Waals surface area (Å²) in [4.78, 5) is 12.2. The third-order valence-electron chi connectivity index (χ3n) is 7.63. The Hall–Kier alpha value is -0.513. The van der Waals surface area contributed by atoms with E-state index in [4.69, 9.17) is 18.6 Å². The second-order valence-electron chi connectivity index (χ2n) is 10.7. The van der Waals surface area contributed by atoms with Crippen molar-refractivity contribution in [2.75, 3.05) is 34.2 Å². The highest BCUT2D eigenvalue weighted by Gasteiger charge is 2.47. The Bertz CT molecular complexity index is 551. The predicted molar refractivity (Wildman–Crippen MR) is 135 cm³/mol. The highest BCUT2D eigenvalue weighted by molar-refractivity contribution is 6.77. The molecule has 0 bridgehead atoms. The van der Waals surface area contributed by atoms with Crippen LogP contribution < -0.4 is 5.32 Å². The molecule has 0 aromatic heterocycles. The first-order valence-electron chi connectivity index (χ1n) is 12.7. The second-order valence-corrected chi connectivity index (χ2v) is 16.2. The maximum atomic E-state index is 12.2. The minimum atomic E-state index is -1.94. The molecule has 1 aliphatic heterocycles. The molecule has 8 heteroatoms. The smallest absolute Gasteiger partial charge is 0.311 e. The van der Waals surface area contributed by atoms with E-state index in [0.29, 0.717) is 29.8 Å². The van der Waals surface area contributed by atoms with Crippen LogP contribution in [-0.4, -0.2) is 71.3 Å². The van der Waals surface area contributed by atoms with E-state index in [2.05, 4.69) is 46.9 Å². The number of nitrogens with one attached hydrogen (secondary N) is 1. The Balaban J connectivity index is 2.98. The summed E-state index contributed by atoms with van der Waals surface area (Å²) in [5, 5.41) is 15.0. The van der Waals surface area contributed by atoms with Crippen molar-refractivity contribution in [2.24, 2.45) is 5.92 Å². The molecule has 33 heavy (non-hydrogen) atoms. The summed E-state index contributed by atoms with van der Waals surface area (Å²) in [5.41, 5.74) is 1.03. The van der Waals surface area contributed by atoms with Crippen LogP contribution in [0.25, 0.3) is 0 Å². The Morgan fingerprint density at radius 3 is 2.21 bits per heavy atom. The molecule has 0 saturated carbocycles. The molecule has 1 saturated heterocycles. The fourth-order valence-electron chi connectivity index (χ4n) is 6.12. The van der Waals surface area contributed by atoms with Gasteiger partial charge in [-0.15, -0.1) is 0 Å². The van der Waals surface area contributed by atoms with Gasteiger partial charge in [-0.25, -0.2) is 0 Å². The molecular formula is C25H51NO6Si. The van der Waals surface area contributed by atoms with Gasteiger partial charge in [-0.05, 0) is 55.7 Å². The van der Waals surface area contributed by atoms with Crippen molar-refractivity contribution in [2.45, 2.75) is 115 Å². The van der Waals surface area contributed by atoms with Crippen molar-refractivity contribution in [1.82, 2.24) is 5.32 Å². The van der Waals surface area contributed by atoms with Crippen LogP contribution in [0, 0.1) is 5.92 Å². The van der Waals surface area contributed by atoms with Crippen LogP contribution in [0.4, 0.5) is 0 Å². The van der Waals surface area contributed by atoms with Gasteiger partial charge in [0, 0.05) is 25.3 Å². The molecule has 0 spiro atoms. The first-order valence-corrected chi connectivity index (χ1v) is 14.9. The number of methoxy groups -OCH3 is 2. The molecule has 0 radical (unpaired) electrons. The summed E-state index contributed by atoms with van der Waals surface area (Å²) in [7, 11) is 1.04. The Kier molecular flexibility index (Phi) is 13.1. The van der Waals surface area contributed by atoms with Gasteiger partial charge in [0.1, 0.15) is 6.79 Å². The maximum Gasteiger partial charge on any atom is 0.311 e. The molecule has 0 aliphatic carbocycles. The van der Waals surface area contributed by atoms with Crippen LogP contribution in [0.15, 0.2) is 0 Å². The van der Waals surface area contributed by atoms with Gasteiger partial charge in [0.05, 0.1) is 25.7 Å². The summed E-state index contributed by atoms with van der Waals surface area (Å²) in [6.07, 6.45) is 3.43. The van der Waals surface area contributed by atoms with Gasteiger partial charge in [-0.1, -0.05) is 41.5 Å². The van der Waals surface area contributed by atoms with Gasteiger partial charge in [-0.3, -0.25) is 4.79 Å². The monoisotopic (exact) mass is 489 g/mol. The van der Waals surface area contributed by atoms with Gasteiger partial charge in [0.2, 0.25) is 0 Å². The standard InChI is InChI=1S/C25H51NO6Si/c1-18(2)33(19(3)4,20(5)6)32-15-11-14-25(23(27)21(7)24(28)30-9)13-10-12-22(26-25)16-31-17-29-8/h18-23,26-27H,10-17H2,1-9H3/t21?,22-,23?,25-/m1/s1. The Labute approximate surface area is 203 Å². The molecule has 1 rings (SSSR count). The molecule has 7 nitrogen and oxygen atoms in total. The maximum absolute atomic E-state index is 12.2. The molecular weight excluding hydrogens is 438 g/mol.